The van der Waals surface area contributed by atoms with E-state index in [1.54, 1.807) is 35.4 Å². The van der Waals surface area contributed by atoms with Crippen LogP contribution in [0.5, 0.6) is 0 Å². The van der Waals surface area contributed by atoms with Crippen molar-refractivity contribution in [3.8, 4) is 0 Å². The highest BCUT2D eigenvalue weighted by Crippen LogP contribution is 2.12. The maximum atomic E-state index is 11.9. The maximum absolute atomic E-state index is 11.9. The standard InChI is InChI=1S/C11H14N4O2S/c12-10-2-1-3-11(8-10)18(16,17)14-5-7-15-6-4-13-9-15/h1-4,6,8-9,14H,5,7,12H2. The van der Waals surface area contributed by atoms with Crippen LogP contribution in [0.25, 0.3) is 0 Å². The van der Waals surface area contributed by atoms with Crippen LogP contribution >= 0.6 is 0 Å². The van der Waals surface area contributed by atoms with E-state index < -0.39 is 10.0 Å². The van der Waals surface area contributed by atoms with Crippen molar-refractivity contribution in [1.82, 2.24) is 14.3 Å². The molecule has 0 bridgehead atoms. The Kier molecular flexibility index (Phi) is 3.63. The smallest absolute Gasteiger partial charge is 0.240 e. The Morgan fingerprint density at radius 2 is 2.22 bits per heavy atom. The van der Waals surface area contributed by atoms with Crippen molar-refractivity contribution >= 4 is 15.7 Å². The number of imidazole rings is 1. The fraction of sp³-hybridized carbons (Fsp3) is 0.182. The molecule has 0 aliphatic heterocycles. The third-order valence-electron chi connectivity index (χ3n) is 2.39. The molecular formula is C11H14N4O2S. The highest BCUT2D eigenvalue weighted by molar-refractivity contribution is 7.89. The zero-order chi connectivity index (χ0) is 13.0. The molecule has 1 heterocycles. The van der Waals surface area contributed by atoms with E-state index >= 15 is 0 Å². The average molecular weight is 266 g/mol. The molecule has 1 aromatic carbocycles. The Morgan fingerprint density at radius 1 is 1.39 bits per heavy atom. The fourth-order valence-corrected chi connectivity index (χ4v) is 2.57. The van der Waals surface area contributed by atoms with Crippen molar-refractivity contribution in [2.24, 2.45) is 0 Å². The lowest BCUT2D eigenvalue weighted by atomic mass is 10.3. The van der Waals surface area contributed by atoms with Crippen LogP contribution in [0.1, 0.15) is 0 Å². The number of nitrogen functional groups attached to an aromatic ring is 1. The molecular weight excluding hydrogens is 252 g/mol. The minimum Gasteiger partial charge on any atom is -0.399 e. The van der Waals surface area contributed by atoms with E-state index in [0.29, 0.717) is 18.8 Å². The third kappa shape index (κ3) is 3.08. The second kappa shape index (κ2) is 5.19. The Balaban J connectivity index is 1.99. The molecule has 0 aliphatic rings. The van der Waals surface area contributed by atoms with Gasteiger partial charge in [-0.3, -0.25) is 0 Å². The minimum atomic E-state index is -3.50. The topological polar surface area (TPSA) is 90.0 Å². The number of aromatic nitrogens is 2. The summed E-state index contributed by atoms with van der Waals surface area (Å²) in [6, 6.07) is 6.19. The number of nitrogens with zero attached hydrogens (tertiary/aromatic N) is 2. The van der Waals surface area contributed by atoms with Crippen molar-refractivity contribution in [3.05, 3.63) is 43.0 Å². The van der Waals surface area contributed by atoms with Gasteiger partial charge in [-0.25, -0.2) is 18.1 Å². The van der Waals surface area contributed by atoms with E-state index in [9.17, 15) is 8.42 Å². The summed E-state index contributed by atoms with van der Waals surface area (Å²) in [5.74, 6) is 0. The van der Waals surface area contributed by atoms with Gasteiger partial charge in [-0.15, -0.1) is 0 Å². The average Bonchev–Trinajstić information content (AvgIpc) is 2.82. The van der Waals surface area contributed by atoms with Gasteiger partial charge >= 0.3 is 0 Å². The molecule has 0 amide bonds. The van der Waals surface area contributed by atoms with Gasteiger partial charge in [0.25, 0.3) is 0 Å². The summed E-state index contributed by atoms with van der Waals surface area (Å²) in [6.45, 7) is 0.828. The van der Waals surface area contributed by atoms with Gasteiger partial charge in [0.15, 0.2) is 0 Å². The van der Waals surface area contributed by atoms with Gasteiger partial charge in [0.2, 0.25) is 10.0 Å². The molecule has 0 unspecified atom stereocenters. The summed E-state index contributed by atoms with van der Waals surface area (Å²) in [5, 5.41) is 0. The number of hydrogen-bond acceptors (Lipinski definition) is 4. The van der Waals surface area contributed by atoms with E-state index in [1.165, 1.54) is 12.1 Å². The van der Waals surface area contributed by atoms with Gasteiger partial charge in [-0.1, -0.05) is 6.07 Å². The molecule has 0 saturated carbocycles. The summed E-state index contributed by atoms with van der Waals surface area (Å²) >= 11 is 0. The van der Waals surface area contributed by atoms with Crippen LogP contribution in [0.4, 0.5) is 5.69 Å². The molecule has 1 aromatic heterocycles. The Morgan fingerprint density at radius 3 is 2.89 bits per heavy atom. The van der Waals surface area contributed by atoms with Crippen LogP contribution in [-0.4, -0.2) is 24.5 Å². The summed E-state index contributed by atoms with van der Waals surface area (Å²) in [7, 11) is -3.50. The number of rotatable bonds is 5. The van der Waals surface area contributed by atoms with Gasteiger partial charge in [-0.05, 0) is 18.2 Å². The van der Waals surface area contributed by atoms with E-state index in [1.807, 2.05) is 0 Å². The Bertz CT molecular complexity index is 608. The molecule has 2 rings (SSSR count). The first kappa shape index (κ1) is 12.6. The van der Waals surface area contributed by atoms with Crippen LogP contribution in [0.15, 0.2) is 47.9 Å². The van der Waals surface area contributed by atoms with Crippen molar-refractivity contribution in [3.63, 3.8) is 0 Å². The Labute approximate surface area is 106 Å². The third-order valence-corrected chi connectivity index (χ3v) is 3.85. The zero-order valence-electron chi connectivity index (χ0n) is 9.65. The molecule has 96 valence electrons. The first-order valence-corrected chi connectivity index (χ1v) is 6.87. The number of nitrogens with one attached hydrogen (secondary N) is 1. The van der Waals surface area contributed by atoms with E-state index in [0.717, 1.165) is 0 Å². The summed E-state index contributed by atoms with van der Waals surface area (Å²) in [6.07, 6.45) is 5.05. The second-order valence-electron chi connectivity index (χ2n) is 3.77. The highest BCUT2D eigenvalue weighted by atomic mass is 32.2. The van der Waals surface area contributed by atoms with Crippen LogP contribution < -0.4 is 10.5 Å². The van der Waals surface area contributed by atoms with Crippen LogP contribution in [0, 0.1) is 0 Å². The molecule has 3 N–H and O–H groups in total. The Hall–Kier alpha value is -1.86. The lowest BCUT2D eigenvalue weighted by Crippen LogP contribution is -2.27. The number of benzene rings is 1. The molecule has 0 spiro atoms. The predicted molar refractivity (Wildman–Crippen MR) is 68.3 cm³/mol. The highest BCUT2D eigenvalue weighted by Gasteiger charge is 2.12. The molecule has 7 heteroatoms. The van der Waals surface area contributed by atoms with Gasteiger partial charge in [0, 0.05) is 31.2 Å². The zero-order valence-corrected chi connectivity index (χ0v) is 10.5. The molecule has 6 nitrogen and oxygen atoms in total. The molecule has 2 aromatic rings. The van der Waals surface area contributed by atoms with Crippen LogP contribution in [0.2, 0.25) is 0 Å². The summed E-state index contributed by atoms with van der Waals surface area (Å²) < 4.78 is 28.1. The predicted octanol–water partition coefficient (Wildman–Crippen LogP) is 0.444. The lowest BCUT2D eigenvalue weighted by molar-refractivity contribution is 0.573. The number of nitrogens with two attached hydrogens (primary N) is 1. The lowest BCUT2D eigenvalue weighted by Gasteiger charge is -2.07. The van der Waals surface area contributed by atoms with Crippen LogP contribution in [-0.2, 0) is 16.6 Å². The van der Waals surface area contributed by atoms with Crippen molar-refractivity contribution < 1.29 is 8.42 Å². The SMILES string of the molecule is Nc1cccc(S(=O)(=O)NCCn2ccnc2)c1. The molecule has 0 saturated heterocycles. The quantitative estimate of drug-likeness (QED) is 0.769. The number of hydrogen-bond donors (Lipinski definition) is 2. The monoisotopic (exact) mass is 266 g/mol. The normalized spacial score (nSPS) is 11.6. The molecule has 0 radical (unpaired) electrons. The first-order chi connectivity index (χ1) is 8.58. The molecule has 0 aliphatic carbocycles. The van der Waals surface area contributed by atoms with Gasteiger partial charge < -0.3 is 10.3 Å². The van der Waals surface area contributed by atoms with Gasteiger partial charge in [0.1, 0.15) is 0 Å². The van der Waals surface area contributed by atoms with Gasteiger partial charge in [0.05, 0.1) is 11.2 Å². The van der Waals surface area contributed by atoms with E-state index in [-0.39, 0.29) is 4.90 Å². The fourth-order valence-electron chi connectivity index (χ4n) is 1.49. The second-order valence-corrected chi connectivity index (χ2v) is 5.54. The van der Waals surface area contributed by atoms with Crippen molar-refractivity contribution in [1.29, 1.82) is 0 Å². The molecule has 0 fully saturated rings. The number of sulfonamides is 1. The van der Waals surface area contributed by atoms with Crippen LogP contribution in [0.3, 0.4) is 0 Å². The van der Waals surface area contributed by atoms with Crippen molar-refractivity contribution in [2.45, 2.75) is 11.4 Å². The van der Waals surface area contributed by atoms with E-state index in [4.69, 9.17) is 5.73 Å². The minimum absolute atomic E-state index is 0.174. The van der Waals surface area contributed by atoms with Crippen molar-refractivity contribution in [2.75, 3.05) is 12.3 Å². The largest absolute Gasteiger partial charge is 0.399 e. The summed E-state index contributed by atoms with van der Waals surface area (Å²) in [4.78, 5) is 4.05. The molecule has 0 atom stereocenters. The summed E-state index contributed by atoms with van der Waals surface area (Å²) in [5.41, 5.74) is 5.98. The van der Waals surface area contributed by atoms with Gasteiger partial charge in [-0.2, -0.15) is 0 Å². The van der Waals surface area contributed by atoms with E-state index in [2.05, 4.69) is 9.71 Å². The number of anilines is 1. The molecule has 18 heavy (non-hydrogen) atoms. The first-order valence-electron chi connectivity index (χ1n) is 5.39. The maximum Gasteiger partial charge on any atom is 0.240 e.